The van der Waals surface area contributed by atoms with Gasteiger partial charge in [0.2, 0.25) is 0 Å². The molecule has 0 spiro atoms. The lowest BCUT2D eigenvalue weighted by Gasteiger charge is -2.23. The van der Waals surface area contributed by atoms with Crippen LogP contribution in [0.1, 0.15) is 36.4 Å². The Hall–Kier alpha value is -0.870. The van der Waals surface area contributed by atoms with Crippen molar-refractivity contribution < 1.29 is 5.11 Å². The minimum absolute atomic E-state index is 0.257. The second kappa shape index (κ2) is 7.23. The van der Waals surface area contributed by atoms with Crippen molar-refractivity contribution in [2.45, 2.75) is 26.0 Å². The highest BCUT2D eigenvalue weighted by Crippen LogP contribution is 2.27. The van der Waals surface area contributed by atoms with Gasteiger partial charge in [-0.15, -0.1) is 11.3 Å². The molecule has 0 saturated heterocycles. The van der Waals surface area contributed by atoms with Gasteiger partial charge in [0.1, 0.15) is 0 Å². The van der Waals surface area contributed by atoms with E-state index in [2.05, 4.69) is 36.7 Å². The topological polar surface area (TPSA) is 32.3 Å². The standard InChI is InChI=1S/C16H20ClNOS/c1-11(2)16(15-8-5-9-20-15)18-10-14(19)12-6-3-4-7-13(12)17/h3-9,11,14,16,18-19H,10H2,1-2H3. The fourth-order valence-electron chi connectivity index (χ4n) is 2.23. The van der Waals surface area contributed by atoms with Gasteiger partial charge in [-0.3, -0.25) is 0 Å². The zero-order valence-corrected chi connectivity index (χ0v) is 13.3. The zero-order valence-electron chi connectivity index (χ0n) is 11.7. The van der Waals surface area contributed by atoms with Crippen molar-refractivity contribution in [1.82, 2.24) is 5.32 Å². The van der Waals surface area contributed by atoms with Crippen LogP contribution in [0, 0.1) is 5.92 Å². The maximum absolute atomic E-state index is 10.3. The van der Waals surface area contributed by atoms with Crippen molar-refractivity contribution in [2.24, 2.45) is 5.92 Å². The van der Waals surface area contributed by atoms with Gasteiger partial charge < -0.3 is 10.4 Å². The molecular weight excluding hydrogens is 290 g/mol. The highest BCUT2D eigenvalue weighted by molar-refractivity contribution is 7.10. The summed E-state index contributed by atoms with van der Waals surface area (Å²) in [4.78, 5) is 1.30. The maximum Gasteiger partial charge on any atom is 0.0928 e. The van der Waals surface area contributed by atoms with Crippen LogP contribution < -0.4 is 5.32 Å². The Morgan fingerprint density at radius 2 is 1.95 bits per heavy atom. The quantitative estimate of drug-likeness (QED) is 0.828. The van der Waals surface area contributed by atoms with Crippen LogP contribution >= 0.6 is 22.9 Å². The summed E-state index contributed by atoms with van der Waals surface area (Å²) in [6, 6.07) is 11.9. The molecule has 0 aliphatic rings. The van der Waals surface area contributed by atoms with Gasteiger partial charge in [0.25, 0.3) is 0 Å². The molecule has 20 heavy (non-hydrogen) atoms. The monoisotopic (exact) mass is 309 g/mol. The maximum atomic E-state index is 10.3. The minimum Gasteiger partial charge on any atom is -0.387 e. The van der Waals surface area contributed by atoms with Crippen LogP contribution in [-0.2, 0) is 0 Å². The van der Waals surface area contributed by atoms with Gasteiger partial charge in [0.15, 0.2) is 0 Å². The summed E-state index contributed by atoms with van der Waals surface area (Å²) in [6.07, 6.45) is -0.593. The van der Waals surface area contributed by atoms with Crippen LogP contribution in [0.15, 0.2) is 41.8 Å². The van der Waals surface area contributed by atoms with Crippen LogP contribution in [0.2, 0.25) is 5.02 Å². The molecule has 2 aromatic rings. The third-order valence-electron chi connectivity index (χ3n) is 3.31. The Labute approximate surface area is 129 Å². The molecule has 0 aliphatic heterocycles. The molecule has 0 radical (unpaired) electrons. The summed E-state index contributed by atoms with van der Waals surface area (Å²) in [5.41, 5.74) is 0.773. The predicted molar refractivity (Wildman–Crippen MR) is 86.3 cm³/mol. The first-order chi connectivity index (χ1) is 9.59. The third-order valence-corrected chi connectivity index (χ3v) is 4.61. The summed E-state index contributed by atoms with van der Waals surface area (Å²) in [7, 11) is 0. The average Bonchev–Trinajstić information content (AvgIpc) is 2.92. The van der Waals surface area contributed by atoms with Crippen molar-refractivity contribution in [2.75, 3.05) is 6.54 Å². The number of aliphatic hydroxyl groups is 1. The smallest absolute Gasteiger partial charge is 0.0928 e. The lowest BCUT2D eigenvalue weighted by molar-refractivity contribution is 0.166. The normalized spacial score (nSPS) is 14.4. The highest BCUT2D eigenvalue weighted by atomic mass is 35.5. The lowest BCUT2D eigenvalue weighted by atomic mass is 10.0. The fraction of sp³-hybridized carbons (Fsp3) is 0.375. The molecule has 1 aromatic carbocycles. The molecule has 0 amide bonds. The second-order valence-electron chi connectivity index (χ2n) is 5.18. The number of thiophene rings is 1. The van der Waals surface area contributed by atoms with Gasteiger partial charge in [-0.25, -0.2) is 0 Å². The Morgan fingerprint density at radius 3 is 2.55 bits per heavy atom. The zero-order chi connectivity index (χ0) is 14.5. The van der Waals surface area contributed by atoms with Crippen LogP contribution in [0.4, 0.5) is 0 Å². The molecule has 108 valence electrons. The Bertz CT molecular complexity index is 527. The molecule has 0 aliphatic carbocycles. The van der Waals surface area contributed by atoms with E-state index in [0.717, 1.165) is 5.56 Å². The number of benzene rings is 1. The van der Waals surface area contributed by atoms with E-state index >= 15 is 0 Å². The highest BCUT2D eigenvalue weighted by Gasteiger charge is 2.19. The molecule has 2 atom stereocenters. The number of hydrogen-bond acceptors (Lipinski definition) is 3. The molecule has 0 fully saturated rings. The van der Waals surface area contributed by atoms with E-state index in [1.807, 2.05) is 18.2 Å². The first-order valence-electron chi connectivity index (χ1n) is 6.79. The number of halogens is 1. The van der Waals surface area contributed by atoms with E-state index in [0.29, 0.717) is 17.5 Å². The Morgan fingerprint density at radius 1 is 1.20 bits per heavy atom. The minimum atomic E-state index is -0.593. The lowest BCUT2D eigenvalue weighted by Crippen LogP contribution is -2.29. The fourth-order valence-corrected chi connectivity index (χ4v) is 3.46. The molecule has 4 heteroatoms. The summed E-state index contributed by atoms with van der Waals surface area (Å²) >= 11 is 7.85. The van der Waals surface area contributed by atoms with Crippen molar-refractivity contribution in [1.29, 1.82) is 0 Å². The first-order valence-corrected chi connectivity index (χ1v) is 8.04. The van der Waals surface area contributed by atoms with Crippen molar-refractivity contribution in [3.05, 3.63) is 57.2 Å². The molecular formula is C16H20ClNOS. The Kier molecular flexibility index (Phi) is 5.61. The van der Waals surface area contributed by atoms with Gasteiger partial charge >= 0.3 is 0 Å². The van der Waals surface area contributed by atoms with Crippen LogP contribution in [0.3, 0.4) is 0 Å². The summed E-state index contributed by atoms with van der Waals surface area (Å²) in [5.74, 6) is 0.465. The van der Waals surface area contributed by atoms with Gasteiger partial charge in [-0.2, -0.15) is 0 Å². The van der Waals surface area contributed by atoms with E-state index in [-0.39, 0.29) is 6.04 Å². The van der Waals surface area contributed by atoms with Gasteiger partial charge in [-0.1, -0.05) is 49.7 Å². The number of rotatable bonds is 6. The SMILES string of the molecule is CC(C)C(NCC(O)c1ccccc1Cl)c1cccs1. The number of hydrogen-bond donors (Lipinski definition) is 2. The van der Waals surface area contributed by atoms with E-state index in [9.17, 15) is 5.11 Å². The van der Waals surface area contributed by atoms with Crippen LogP contribution in [0.5, 0.6) is 0 Å². The summed E-state index contributed by atoms with van der Waals surface area (Å²) in [5, 5.41) is 16.4. The van der Waals surface area contributed by atoms with Crippen molar-refractivity contribution in [3.8, 4) is 0 Å². The number of aliphatic hydroxyl groups excluding tert-OH is 1. The van der Waals surface area contributed by atoms with E-state index in [1.165, 1.54) is 4.88 Å². The van der Waals surface area contributed by atoms with Gasteiger partial charge in [0, 0.05) is 28.0 Å². The van der Waals surface area contributed by atoms with Gasteiger partial charge in [-0.05, 0) is 23.4 Å². The third kappa shape index (κ3) is 3.83. The van der Waals surface area contributed by atoms with E-state index in [1.54, 1.807) is 17.4 Å². The van der Waals surface area contributed by atoms with E-state index < -0.39 is 6.10 Å². The van der Waals surface area contributed by atoms with Crippen molar-refractivity contribution >= 4 is 22.9 Å². The molecule has 2 nitrogen and oxygen atoms in total. The number of nitrogens with one attached hydrogen (secondary N) is 1. The molecule has 2 rings (SSSR count). The van der Waals surface area contributed by atoms with E-state index in [4.69, 9.17) is 11.6 Å². The molecule has 0 saturated carbocycles. The largest absolute Gasteiger partial charge is 0.387 e. The Balaban J connectivity index is 2.01. The second-order valence-corrected chi connectivity index (χ2v) is 6.57. The van der Waals surface area contributed by atoms with Gasteiger partial charge in [0.05, 0.1) is 6.10 Å². The first kappa shape index (κ1) is 15.5. The summed E-state index contributed by atoms with van der Waals surface area (Å²) < 4.78 is 0. The predicted octanol–water partition coefficient (Wildman–Crippen LogP) is 4.42. The molecule has 2 N–H and O–H groups in total. The summed E-state index contributed by atoms with van der Waals surface area (Å²) in [6.45, 7) is 4.85. The van der Waals surface area contributed by atoms with Crippen LogP contribution in [-0.4, -0.2) is 11.7 Å². The molecule has 1 heterocycles. The molecule has 2 unspecified atom stereocenters. The average molecular weight is 310 g/mol. The van der Waals surface area contributed by atoms with Crippen molar-refractivity contribution in [3.63, 3.8) is 0 Å². The molecule has 1 aromatic heterocycles. The molecule has 0 bridgehead atoms. The van der Waals surface area contributed by atoms with Crippen LogP contribution in [0.25, 0.3) is 0 Å².